The summed E-state index contributed by atoms with van der Waals surface area (Å²) in [4.78, 5) is 0. The number of rotatable bonds is 5. The number of halogens is 2. The first-order valence-corrected chi connectivity index (χ1v) is 6.16. The van der Waals surface area contributed by atoms with Crippen LogP contribution in [0.3, 0.4) is 0 Å². The second-order valence-electron chi connectivity index (χ2n) is 4.55. The van der Waals surface area contributed by atoms with E-state index in [9.17, 15) is 9.50 Å². The zero-order valence-electron chi connectivity index (χ0n) is 9.13. The second-order valence-corrected chi connectivity index (χ2v) is 4.95. The molecule has 0 aromatic heterocycles. The van der Waals surface area contributed by atoms with Gasteiger partial charge in [0.25, 0.3) is 0 Å². The molecule has 2 rings (SSSR count). The van der Waals surface area contributed by atoms with Crippen LogP contribution in [0.4, 0.5) is 4.39 Å². The van der Waals surface area contributed by atoms with Crippen LogP contribution >= 0.6 is 11.6 Å². The first-order valence-electron chi connectivity index (χ1n) is 5.79. The molecule has 1 aromatic rings. The summed E-state index contributed by atoms with van der Waals surface area (Å²) in [7, 11) is 0. The van der Waals surface area contributed by atoms with Crippen LogP contribution in [-0.2, 0) is 6.42 Å². The molecule has 16 heavy (non-hydrogen) atoms. The molecule has 1 aliphatic rings. The fraction of sp³-hybridized carbons (Fsp3) is 0.538. The van der Waals surface area contributed by atoms with E-state index in [4.69, 9.17) is 11.6 Å². The van der Waals surface area contributed by atoms with Crippen LogP contribution in [0.2, 0.25) is 5.02 Å². The van der Waals surface area contributed by atoms with Gasteiger partial charge >= 0.3 is 0 Å². The summed E-state index contributed by atoms with van der Waals surface area (Å²) in [6, 6.07) is 4.91. The molecule has 1 N–H and O–H groups in total. The fourth-order valence-electron chi connectivity index (χ4n) is 1.93. The Morgan fingerprint density at radius 1 is 1.44 bits per heavy atom. The molecule has 1 aromatic carbocycles. The van der Waals surface area contributed by atoms with Gasteiger partial charge in [0, 0.05) is 0 Å². The third kappa shape index (κ3) is 3.19. The predicted octanol–water partition coefficient (Wildman–Crippen LogP) is 3.57. The van der Waals surface area contributed by atoms with E-state index in [0.717, 1.165) is 37.7 Å². The molecule has 0 radical (unpaired) electrons. The Kier molecular flexibility index (Phi) is 3.82. The molecule has 1 unspecified atom stereocenters. The number of aryl methyl sites for hydroxylation is 1. The van der Waals surface area contributed by atoms with E-state index in [0.29, 0.717) is 5.92 Å². The molecule has 1 fully saturated rings. The van der Waals surface area contributed by atoms with Crippen molar-refractivity contribution >= 4 is 11.6 Å². The molecular weight excluding hydrogens is 227 g/mol. The number of hydrogen-bond acceptors (Lipinski definition) is 1. The van der Waals surface area contributed by atoms with Gasteiger partial charge in [0.1, 0.15) is 5.82 Å². The van der Waals surface area contributed by atoms with Crippen molar-refractivity contribution in [3.8, 4) is 0 Å². The van der Waals surface area contributed by atoms with Crippen molar-refractivity contribution in [2.45, 2.75) is 38.2 Å². The highest BCUT2D eigenvalue weighted by molar-refractivity contribution is 6.30. The minimum atomic E-state index is -0.359. The number of aliphatic hydroxyl groups is 1. The third-order valence-electron chi connectivity index (χ3n) is 3.12. The molecule has 0 spiro atoms. The Hall–Kier alpha value is -0.600. The average Bonchev–Trinajstić information content (AvgIpc) is 3.07. The summed E-state index contributed by atoms with van der Waals surface area (Å²) < 4.78 is 13.1. The van der Waals surface area contributed by atoms with Gasteiger partial charge in [0.2, 0.25) is 0 Å². The van der Waals surface area contributed by atoms with Crippen LogP contribution in [0.25, 0.3) is 0 Å². The maximum Gasteiger partial charge on any atom is 0.142 e. The second kappa shape index (κ2) is 5.15. The number of hydrogen-bond donors (Lipinski definition) is 1. The molecule has 1 atom stereocenters. The van der Waals surface area contributed by atoms with Gasteiger partial charge in [-0.1, -0.05) is 17.7 Å². The molecule has 0 aliphatic heterocycles. The lowest BCUT2D eigenvalue weighted by Gasteiger charge is -2.08. The lowest BCUT2D eigenvalue weighted by molar-refractivity contribution is 0.139. The van der Waals surface area contributed by atoms with E-state index < -0.39 is 0 Å². The molecule has 3 heteroatoms. The standard InChI is InChI=1S/C13H16ClFO/c14-11-7-4-9(8-12(11)15)2-1-3-13(16)10-5-6-10/h4,7-8,10,13,16H,1-3,5-6H2. The van der Waals surface area contributed by atoms with Crippen LogP contribution in [0.1, 0.15) is 31.2 Å². The fourth-order valence-corrected chi connectivity index (χ4v) is 2.04. The summed E-state index contributed by atoms with van der Waals surface area (Å²) in [5.41, 5.74) is 0.949. The van der Waals surface area contributed by atoms with E-state index in [1.807, 2.05) is 6.07 Å². The van der Waals surface area contributed by atoms with Crippen LogP contribution in [0, 0.1) is 11.7 Å². The van der Waals surface area contributed by atoms with Crippen molar-refractivity contribution in [3.63, 3.8) is 0 Å². The van der Waals surface area contributed by atoms with E-state index >= 15 is 0 Å². The van der Waals surface area contributed by atoms with Crippen molar-refractivity contribution in [1.29, 1.82) is 0 Å². The zero-order valence-corrected chi connectivity index (χ0v) is 9.88. The maximum atomic E-state index is 13.1. The molecule has 0 heterocycles. The van der Waals surface area contributed by atoms with Gasteiger partial charge in [-0.3, -0.25) is 0 Å². The van der Waals surface area contributed by atoms with Crippen LogP contribution in [0.5, 0.6) is 0 Å². The Morgan fingerprint density at radius 2 is 2.19 bits per heavy atom. The first-order chi connectivity index (χ1) is 7.66. The van der Waals surface area contributed by atoms with E-state index in [-0.39, 0.29) is 16.9 Å². The SMILES string of the molecule is OC(CCCc1ccc(Cl)c(F)c1)C1CC1. The van der Waals surface area contributed by atoms with E-state index in [1.54, 1.807) is 6.07 Å². The highest BCUT2D eigenvalue weighted by Gasteiger charge is 2.28. The summed E-state index contributed by atoms with van der Waals surface area (Å²) in [6.07, 6.45) is 4.69. The smallest absolute Gasteiger partial charge is 0.142 e. The van der Waals surface area contributed by atoms with Crippen LogP contribution in [-0.4, -0.2) is 11.2 Å². The Balaban J connectivity index is 1.78. The Bertz CT molecular complexity index is 363. The van der Waals surface area contributed by atoms with Crippen molar-refractivity contribution in [2.24, 2.45) is 5.92 Å². The molecule has 0 saturated heterocycles. The summed E-state index contributed by atoms with van der Waals surface area (Å²) in [6.45, 7) is 0. The third-order valence-corrected chi connectivity index (χ3v) is 3.42. The van der Waals surface area contributed by atoms with Gasteiger partial charge in [0.05, 0.1) is 11.1 Å². The highest BCUT2D eigenvalue weighted by atomic mass is 35.5. The largest absolute Gasteiger partial charge is 0.393 e. The minimum Gasteiger partial charge on any atom is -0.393 e. The molecule has 1 aliphatic carbocycles. The van der Waals surface area contributed by atoms with Gasteiger partial charge in [-0.25, -0.2) is 4.39 Å². The highest BCUT2D eigenvalue weighted by Crippen LogP contribution is 2.34. The van der Waals surface area contributed by atoms with Crippen LogP contribution in [0.15, 0.2) is 18.2 Å². The zero-order chi connectivity index (χ0) is 11.5. The molecule has 0 bridgehead atoms. The molecular formula is C13H16ClFO. The topological polar surface area (TPSA) is 20.2 Å². The number of aliphatic hydroxyl groups excluding tert-OH is 1. The maximum absolute atomic E-state index is 13.1. The lowest BCUT2D eigenvalue weighted by Crippen LogP contribution is -2.08. The molecule has 1 nitrogen and oxygen atoms in total. The van der Waals surface area contributed by atoms with E-state index in [1.165, 1.54) is 6.07 Å². The lowest BCUT2D eigenvalue weighted by atomic mass is 10.0. The predicted molar refractivity (Wildman–Crippen MR) is 63.1 cm³/mol. The van der Waals surface area contributed by atoms with Crippen molar-refractivity contribution < 1.29 is 9.50 Å². The van der Waals surface area contributed by atoms with Gasteiger partial charge in [0.15, 0.2) is 0 Å². The molecule has 1 saturated carbocycles. The van der Waals surface area contributed by atoms with Crippen molar-refractivity contribution in [2.75, 3.05) is 0 Å². The normalized spacial score (nSPS) is 17.4. The summed E-state index contributed by atoms with van der Waals surface area (Å²) in [5.74, 6) is 0.170. The van der Waals surface area contributed by atoms with Gasteiger partial charge in [-0.15, -0.1) is 0 Å². The quantitative estimate of drug-likeness (QED) is 0.837. The first kappa shape index (κ1) is 11.9. The van der Waals surface area contributed by atoms with Gasteiger partial charge < -0.3 is 5.11 Å². The Labute approximate surface area is 100 Å². The average molecular weight is 243 g/mol. The summed E-state index contributed by atoms with van der Waals surface area (Å²) >= 11 is 5.60. The summed E-state index contributed by atoms with van der Waals surface area (Å²) in [5, 5.41) is 9.84. The monoisotopic (exact) mass is 242 g/mol. The van der Waals surface area contributed by atoms with E-state index in [2.05, 4.69) is 0 Å². The minimum absolute atomic E-state index is 0.155. The van der Waals surface area contributed by atoms with Gasteiger partial charge in [-0.2, -0.15) is 0 Å². The van der Waals surface area contributed by atoms with Crippen molar-refractivity contribution in [3.05, 3.63) is 34.6 Å². The van der Waals surface area contributed by atoms with Crippen LogP contribution < -0.4 is 0 Å². The molecule has 0 amide bonds. The Morgan fingerprint density at radius 3 is 2.81 bits per heavy atom. The van der Waals surface area contributed by atoms with Gasteiger partial charge in [-0.05, 0) is 55.7 Å². The molecule has 88 valence electrons. The number of benzene rings is 1. The van der Waals surface area contributed by atoms with Crippen molar-refractivity contribution in [1.82, 2.24) is 0 Å².